The highest BCUT2D eigenvalue weighted by Crippen LogP contribution is 2.17. The summed E-state index contributed by atoms with van der Waals surface area (Å²) in [6.45, 7) is 8.08. The molecule has 0 aliphatic carbocycles. The number of amides is 1. The molecule has 2 aromatic rings. The third kappa shape index (κ3) is 3.82. The highest BCUT2D eigenvalue weighted by atomic mass is 32.1. The fourth-order valence-corrected chi connectivity index (χ4v) is 2.76. The summed E-state index contributed by atoms with van der Waals surface area (Å²) in [6.07, 6.45) is 0.758. The number of thiophene rings is 1. The van der Waals surface area contributed by atoms with E-state index >= 15 is 0 Å². The van der Waals surface area contributed by atoms with E-state index in [1.54, 1.807) is 18.3 Å². The standard InChI is InChI=1S/C16H21N3O2S/c1-10-12(14(21)19-15(18-10)16(2,3)4)13(20)17-8-7-11-6-5-9-22-11/h5-6,9H,7-8H2,1-4H3,(H,17,20)(H,18,19,21). The molecule has 2 heterocycles. The third-order valence-electron chi connectivity index (χ3n) is 3.27. The van der Waals surface area contributed by atoms with Crippen LogP contribution in [0.1, 0.15) is 47.5 Å². The summed E-state index contributed by atoms with van der Waals surface area (Å²) in [5.41, 5.74) is -0.0921. The van der Waals surface area contributed by atoms with Gasteiger partial charge in [0.1, 0.15) is 11.4 Å². The van der Waals surface area contributed by atoms with Crippen LogP contribution < -0.4 is 10.9 Å². The van der Waals surface area contributed by atoms with Gasteiger partial charge in [0.05, 0.1) is 5.69 Å². The maximum Gasteiger partial charge on any atom is 0.264 e. The highest BCUT2D eigenvalue weighted by molar-refractivity contribution is 7.09. The van der Waals surface area contributed by atoms with Gasteiger partial charge >= 0.3 is 0 Å². The number of aromatic amines is 1. The van der Waals surface area contributed by atoms with E-state index in [0.29, 0.717) is 18.1 Å². The molecule has 1 amide bonds. The predicted molar refractivity (Wildman–Crippen MR) is 88.7 cm³/mol. The largest absolute Gasteiger partial charge is 0.351 e. The lowest BCUT2D eigenvalue weighted by molar-refractivity contribution is 0.0951. The second-order valence-electron chi connectivity index (χ2n) is 6.21. The molecule has 0 aromatic carbocycles. The Balaban J connectivity index is 2.11. The van der Waals surface area contributed by atoms with Crippen LogP contribution in [0.25, 0.3) is 0 Å². The van der Waals surface area contributed by atoms with Gasteiger partial charge in [-0.15, -0.1) is 11.3 Å². The summed E-state index contributed by atoms with van der Waals surface area (Å²) in [5.74, 6) is 0.216. The van der Waals surface area contributed by atoms with Crippen LogP contribution in [0.15, 0.2) is 22.3 Å². The topological polar surface area (TPSA) is 74.8 Å². The van der Waals surface area contributed by atoms with Crippen LogP contribution in [0, 0.1) is 6.92 Å². The molecule has 0 atom stereocenters. The van der Waals surface area contributed by atoms with Gasteiger partial charge in [0, 0.05) is 16.8 Å². The van der Waals surface area contributed by atoms with Gasteiger partial charge in [-0.1, -0.05) is 26.8 Å². The van der Waals surface area contributed by atoms with Crippen molar-refractivity contribution in [3.05, 3.63) is 49.8 Å². The minimum Gasteiger partial charge on any atom is -0.351 e. The first kappa shape index (κ1) is 16.4. The Labute approximate surface area is 133 Å². The van der Waals surface area contributed by atoms with Crippen molar-refractivity contribution in [2.75, 3.05) is 6.54 Å². The van der Waals surface area contributed by atoms with Crippen molar-refractivity contribution in [2.24, 2.45) is 0 Å². The monoisotopic (exact) mass is 319 g/mol. The van der Waals surface area contributed by atoms with Crippen LogP contribution >= 0.6 is 11.3 Å². The SMILES string of the molecule is Cc1nc(C(C)(C)C)[nH]c(=O)c1C(=O)NCCc1cccs1. The molecule has 0 aliphatic heterocycles. The Bertz CT molecular complexity index is 712. The normalized spacial score (nSPS) is 11.5. The molecule has 22 heavy (non-hydrogen) atoms. The molecule has 0 saturated carbocycles. The number of aryl methyl sites for hydroxylation is 1. The minimum absolute atomic E-state index is 0.0965. The Morgan fingerprint density at radius 1 is 1.41 bits per heavy atom. The van der Waals surface area contributed by atoms with E-state index in [1.165, 1.54) is 4.88 Å². The summed E-state index contributed by atoms with van der Waals surface area (Å²) in [5, 5.41) is 4.79. The van der Waals surface area contributed by atoms with E-state index in [1.807, 2.05) is 38.3 Å². The summed E-state index contributed by atoms with van der Waals surface area (Å²) < 4.78 is 0. The molecular formula is C16H21N3O2S. The fourth-order valence-electron chi connectivity index (χ4n) is 2.05. The second kappa shape index (κ2) is 6.44. The zero-order chi connectivity index (χ0) is 16.3. The van der Waals surface area contributed by atoms with Gasteiger partial charge in [-0.3, -0.25) is 9.59 Å². The third-order valence-corrected chi connectivity index (χ3v) is 4.21. The molecular weight excluding hydrogens is 298 g/mol. The number of aromatic nitrogens is 2. The number of H-pyrrole nitrogens is 1. The van der Waals surface area contributed by atoms with Crippen molar-refractivity contribution in [3.8, 4) is 0 Å². The minimum atomic E-state index is -0.383. The van der Waals surface area contributed by atoms with Crippen LogP contribution in [0.2, 0.25) is 0 Å². The van der Waals surface area contributed by atoms with Crippen molar-refractivity contribution < 1.29 is 4.79 Å². The molecule has 0 bridgehead atoms. The molecule has 2 rings (SSSR count). The smallest absolute Gasteiger partial charge is 0.264 e. The maximum absolute atomic E-state index is 12.2. The first-order valence-electron chi connectivity index (χ1n) is 7.21. The van der Waals surface area contributed by atoms with Crippen LogP contribution in [0.5, 0.6) is 0 Å². The molecule has 0 radical (unpaired) electrons. The van der Waals surface area contributed by atoms with Gasteiger partial charge in [-0.2, -0.15) is 0 Å². The van der Waals surface area contributed by atoms with Crippen molar-refractivity contribution >= 4 is 17.2 Å². The fraction of sp³-hybridized carbons (Fsp3) is 0.438. The average Bonchev–Trinajstić information content (AvgIpc) is 2.90. The summed E-state index contributed by atoms with van der Waals surface area (Å²) in [7, 11) is 0. The lowest BCUT2D eigenvalue weighted by Crippen LogP contribution is -2.34. The Morgan fingerprint density at radius 2 is 2.14 bits per heavy atom. The zero-order valence-electron chi connectivity index (χ0n) is 13.3. The molecule has 0 fully saturated rings. The van der Waals surface area contributed by atoms with Crippen LogP contribution in [0.3, 0.4) is 0 Å². The van der Waals surface area contributed by atoms with Gasteiger partial charge in [-0.05, 0) is 24.8 Å². The highest BCUT2D eigenvalue weighted by Gasteiger charge is 2.21. The van der Waals surface area contributed by atoms with Crippen molar-refractivity contribution in [1.82, 2.24) is 15.3 Å². The Morgan fingerprint density at radius 3 is 2.68 bits per heavy atom. The number of nitrogens with zero attached hydrogens (tertiary/aromatic N) is 1. The van der Waals surface area contributed by atoms with E-state index in [-0.39, 0.29) is 22.4 Å². The molecule has 2 aromatic heterocycles. The lowest BCUT2D eigenvalue weighted by Gasteiger charge is -2.18. The number of carbonyl (C=O) groups excluding carboxylic acids is 1. The number of carbonyl (C=O) groups is 1. The molecule has 0 saturated heterocycles. The summed E-state index contributed by atoms with van der Waals surface area (Å²) in [4.78, 5) is 32.7. The lowest BCUT2D eigenvalue weighted by atomic mass is 9.95. The number of hydrogen-bond donors (Lipinski definition) is 2. The number of rotatable bonds is 4. The van der Waals surface area contributed by atoms with Crippen molar-refractivity contribution in [2.45, 2.75) is 39.5 Å². The maximum atomic E-state index is 12.2. The molecule has 0 aliphatic rings. The quantitative estimate of drug-likeness (QED) is 0.909. The van der Waals surface area contributed by atoms with Crippen LogP contribution in [0.4, 0.5) is 0 Å². The van der Waals surface area contributed by atoms with Gasteiger partial charge < -0.3 is 10.3 Å². The molecule has 5 nitrogen and oxygen atoms in total. The Hall–Kier alpha value is -1.95. The molecule has 0 unspecified atom stereocenters. The second-order valence-corrected chi connectivity index (χ2v) is 7.24. The zero-order valence-corrected chi connectivity index (χ0v) is 14.1. The van der Waals surface area contributed by atoms with E-state index < -0.39 is 0 Å². The van der Waals surface area contributed by atoms with E-state index in [0.717, 1.165) is 6.42 Å². The van der Waals surface area contributed by atoms with E-state index in [4.69, 9.17) is 0 Å². The molecule has 118 valence electrons. The molecule has 0 spiro atoms. The van der Waals surface area contributed by atoms with Gasteiger partial charge in [0.25, 0.3) is 11.5 Å². The Kier molecular flexibility index (Phi) is 4.81. The first-order valence-corrected chi connectivity index (χ1v) is 8.09. The van der Waals surface area contributed by atoms with Crippen molar-refractivity contribution in [1.29, 1.82) is 0 Å². The number of nitrogens with one attached hydrogen (secondary N) is 2. The predicted octanol–water partition coefficient (Wildman–Crippen LogP) is 2.41. The van der Waals surface area contributed by atoms with E-state index in [2.05, 4.69) is 15.3 Å². The first-order chi connectivity index (χ1) is 10.3. The van der Waals surface area contributed by atoms with Gasteiger partial charge in [-0.25, -0.2) is 4.98 Å². The summed E-state index contributed by atoms with van der Waals surface area (Å²) in [6, 6.07) is 4.00. The van der Waals surface area contributed by atoms with Gasteiger partial charge in [0.2, 0.25) is 0 Å². The van der Waals surface area contributed by atoms with Gasteiger partial charge in [0.15, 0.2) is 0 Å². The van der Waals surface area contributed by atoms with E-state index in [9.17, 15) is 9.59 Å². The van der Waals surface area contributed by atoms with Crippen molar-refractivity contribution in [3.63, 3.8) is 0 Å². The average molecular weight is 319 g/mol. The summed E-state index contributed by atoms with van der Waals surface area (Å²) >= 11 is 1.65. The molecule has 6 heteroatoms. The number of hydrogen-bond acceptors (Lipinski definition) is 4. The van der Waals surface area contributed by atoms with Crippen LogP contribution in [-0.4, -0.2) is 22.4 Å². The van der Waals surface area contributed by atoms with Crippen LogP contribution in [-0.2, 0) is 11.8 Å². The molecule has 2 N–H and O–H groups in total.